The van der Waals surface area contributed by atoms with E-state index in [1.54, 1.807) is 6.20 Å². The van der Waals surface area contributed by atoms with E-state index in [0.29, 0.717) is 23.0 Å². The molecule has 0 bridgehead atoms. The minimum absolute atomic E-state index is 0.377. The molecule has 1 aromatic heterocycles. The fourth-order valence-corrected chi connectivity index (χ4v) is 2.96. The highest BCUT2D eigenvalue weighted by Crippen LogP contribution is 2.33. The van der Waals surface area contributed by atoms with Crippen LogP contribution in [-0.2, 0) is 4.74 Å². The zero-order valence-electron chi connectivity index (χ0n) is 12.1. The monoisotopic (exact) mass is 305 g/mol. The minimum Gasteiger partial charge on any atom is -0.381 e. The van der Waals surface area contributed by atoms with Gasteiger partial charge in [0.15, 0.2) is 11.6 Å². The Labute approximate surface area is 127 Å². The first-order valence-corrected chi connectivity index (χ1v) is 7.67. The molecule has 6 heteroatoms. The first-order valence-electron chi connectivity index (χ1n) is 7.67. The summed E-state index contributed by atoms with van der Waals surface area (Å²) in [6.45, 7) is 2.48. The molecule has 0 N–H and O–H groups in total. The van der Waals surface area contributed by atoms with Crippen molar-refractivity contribution in [3.8, 4) is 0 Å². The number of anilines is 1. The van der Waals surface area contributed by atoms with Gasteiger partial charge in [-0.25, -0.2) is 13.8 Å². The first kappa shape index (κ1) is 13.8. The van der Waals surface area contributed by atoms with Crippen LogP contribution in [0.2, 0.25) is 0 Å². The Morgan fingerprint density at radius 1 is 1.14 bits per heavy atom. The summed E-state index contributed by atoms with van der Waals surface area (Å²) in [6, 6.07) is 2.69. The second-order valence-corrected chi connectivity index (χ2v) is 6.10. The average Bonchev–Trinajstić information content (AvgIpc) is 3.22. The normalized spacial score (nSPS) is 21.5. The van der Waals surface area contributed by atoms with E-state index in [2.05, 4.69) is 14.9 Å². The molecule has 1 aliphatic heterocycles. The van der Waals surface area contributed by atoms with Crippen LogP contribution < -0.4 is 4.90 Å². The SMILES string of the molecule is Fc1cc2ncc(N(C[C@@H]3CCOC3)C3CC3)nc2cc1F. The summed E-state index contributed by atoms with van der Waals surface area (Å²) in [7, 11) is 0. The molecule has 116 valence electrons. The van der Waals surface area contributed by atoms with Crippen molar-refractivity contribution in [2.75, 3.05) is 24.7 Å². The van der Waals surface area contributed by atoms with Crippen LogP contribution in [0.15, 0.2) is 18.3 Å². The summed E-state index contributed by atoms with van der Waals surface area (Å²) in [5.74, 6) is -0.534. The van der Waals surface area contributed by atoms with Crippen molar-refractivity contribution in [1.82, 2.24) is 9.97 Å². The van der Waals surface area contributed by atoms with Gasteiger partial charge in [0.25, 0.3) is 0 Å². The molecule has 1 aromatic carbocycles. The lowest BCUT2D eigenvalue weighted by Crippen LogP contribution is -2.32. The molecule has 2 aliphatic rings. The standard InChI is InChI=1S/C16H17F2N3O/c17-12-5-14-15(6-13(12)18)20-16(7-19-14)21(11-1-2-11)8-10-3-4-22-9-10/h5-7,10-11H,1-4,8-9H2/t10-/m0/s1. The Morgan fingerprint density at radius 3 is 2.59 bits per heavy atom. The third-order valence-electron chi connectivity index (χ3n) is 4.33. The third kappa shape index (κ3) is 2.63. The Balaban J connectivity index is 1.66. The number of halogens is 2. The van der Waals surface area contributed by atoms with Gasteiger partial charge in [-0.3, -0.25) is 4.98 Å². The summed E-state index contributed by atoms with van der Waals surface area (Å²) in [5.41, 5.74) is 0.771. The number of benzene rings is 1. The van der Waals surface area contributed by atoms with E-state index in [4.69, 9.17) is 4.74 Å². The molecule has 1 atom stereocenters. The number of hydrogen-bond donors (Lipinski definition) is 0. The van der Waals surface area contributed by atoms with Gasteiger partial charge in [-0.05, 0) is 19.3 Å². The maximum atomic E-state index is 13.4. The van der Waals surface area contributed by atoms with Gasteiger partial charge in [-0.1, -0.05) is 0 Å². The van der Waals surface area contributed by atoms with E-state index in [1.165, 1.54) is 0 Å². The molecule has 1 saturated heterocycles. The highest BCUT2D eigenvalue weighted by Gasteiger charge is 2.32. The third-order valence-corrected chi connectivity index (χ3v) is 4.33. The molecule has 2 fully saturated rings. The molecule has 2 heterocycles. The molecular formula is C16H17F2N3O. The minimum atomic E-state index is -0.892. The molecule has 1 aliphatic carbocycles. The summed E-state index contributed by atoms with van der Waals surface area (Å²) < 4.78 is 32.1. The van der Waals surface area contributed by atoms with Crippen molar-refractivity contribution >= 4 is 16.9 Å². The Morgan fingerprint density at radius 2 is 1.91 bits per heavy atom. The molecule has 4 nitrogen and oxygen atoms in total. The van der Waals surface area contributed by atoms with Crippen LogP contribution in [0.1, 0.15) is 19.3 Å². The van der Waals surface area contributed by atoms with E-state index in [1.807, 2.05) is 0 Å². The average molecular weight is 305 g/mol. The number of hydrogen-bond acceptors (Lipinski definition) is 4. The second-order valence-electron chi connectivity index (χ2n) is 6.10. The van der Waals surface area contributed by atoms with E-state index in [0.717, 1.165) is 57.0 Å². The van der Waals surface area contributed by atoms with Gasteiger partial charge in [0, 0.05) is 37.2 Å². The van der Waals surface area contributed by atoms with Gasteiger partial charge in [-0.2, -0.15) is 0 Å². The van der Waals surface area contributed by atoms with Crippen molar-refractivity contribution in [2.24, 2.45) is 5.92 Å². The molecule has 4 rings (SSSR count). The van der Waals surface area contributed by atoms with Crippen LogP contribution in [0.3, 0.4) is 0 Å². The van der Waals surface area contributed by atoms with Crippen molar-refractivity contribution in [1.29, 1.82) is 0 Å². The van der Waals surface area contributed by atoms with Crippen molar-refractivity contribution in [2.45, 2.75) is 25.3 Å². The van der Waals surface area contributed by atoms with Gasteiger partial charge in [-0.15, -0.1) is 0 Å². The van der Waals surface area contributed by atoms with Crippen molar-refractivity contribution < 1.29 is 13.5 Å². The molecule has 2 aromatic rings. The second kappa shape index (κ2) is 5.43. The van der Waals surface area contributed by atoms with Gasteiger partial charge in [0.2, 0.25) is 0 Å². The number of rotatable bonds is 4. The van der Waals surface area contributed by atoms with Crippen LogP contribution in [0.5, 0.6) is 0 Å². The maximum absolute atomic E-state index is 13.4. The Hall–Kier alpha value is -1.82. The predicted molar refractivity (Wildman–Crippen MR) is 78.7 cm³/mol. The largest absolute Gasteiger partial charge is 0.381 e. The Bertz CT molecular complexity index is 699. The van der Waals surface area contributed by atoms with E-state index < -0.39 is 11.6 Å². The first-order chi connectivity index (χ1) is 10.7. The predicted octanol–water partition coefficient (Wildman–Crippen LogP) is 2.91. The lowest BCUT2D eigenvalue weighted by Gasteiger charge is -2.26. The van der Waals surface area contributed by atoms with Crippen LogP contribution in [-0.4, -0.2) is 35.8 Å². The lowest BCUT2D eigenvalue weighted by atomic mass is 10.1. The number of ether oxygens (including phenoxy) is 1. The van der Waals surface area contributed by atoms with E-state index in [9.17, 15) is 8.78 Å². The maximum Gasteiger partial charge on any atom is 0.161 e. The van der Waals surface area contributed by atoms with E-state index in [-0.39, 0.29) is 0 Å². The van der Waals surface area contributed by atoms with Crippen LogP contribution in [0.4, 0.5) is 14.6 Å². The van der Waals surface area contributed by atoms with Gasteiger partial charge in [0.1, 0.15) is 5.82 Å². The zero-order valence-corrected chi connectivity index (χ0v) is 12.1. The lowest BCUT2D eigenvalue weighted by molar-refractivity contribution is 0.186. The molecule has 0 amide bonds. The molecular weight excluding hydrogens is 288 g/mol. The van der Waals surface area contributed by atoms with Crippen molar-refractivity contribution in [3.63, 3.8) is 0 Å². The molecule has 0 radical (unpaired) electrons. The van der Waals surface area contributed by atoms with Gasteiger partial charge < -0.3 is 9.64 Å². The Kier molecular flexibility index (Phi) is 3.41. The molecule has 0 spiro atoms. The fourth-order valence-electron chi connectivity index (χ4n) is 2.96. The smallest absolute Gasteiger partial charge is 0.161 e. The van der Waals surface area contributed by atoms with Crippen molar-refractivity contribution in [3.05, 3.63) is 30.0 Å². The van der Waals surface area contributed by atoms with Gasteiger partial charge >= 0.3 is 0 Å². The van der Waals surface area contributed by atoms with Crippen LogP contribution in [0, 0.1) is 17.6 Å². The number of nitrogens with zero attached hydrogens (tertiary/aromatic N) is 3. The van der Waals surface area contributed by atoms with Crippen LogP contribution >= 0.6 is 0 Å². The fraction of sp³-hybridized carbons (Fsp3) is 0.500. The summed E-state index contributed by atoms with van der Waals surface area (Å²) >= 11 is 0. The topological polar surface area (TPSA) is 38.2 Å². The molecule has 22 heavy (non-hydrogen) atoms. The highest BCUT2D eigenvalue weighted by atomic mass is 19.2. The highest BCUT2D eigenvalue weighted by molar-refractivity contribution is 5.75. The quantitative estimate of drug-likeness (QED) is 0.870. The van der Waals surface area contributed by atoms with E-state index >= 15 is 0 Å². The molecule has 1 saturated carbocycles. The summed E-state index contributed by atoms with van der Waals surface area (Å²) in [6.07, 6.45) is 5.01. The van der Waals surface area contributed by atoms with Crippen LogP contribution in [0.25, 0.3) is 11.0 Å². The molecule has 0 unspecified atom stereocenters. The van der Waals surface area contributed by atoms with Gasteiger partial charge in [0.05, 0.1) is 23.8 Å². The number of fused-ring (bicyclic) bond motifs is 1. The number of aromatic nitrogens is 2. The zero-order chi connectivity index (χ0) is 15.1. The summed E-state index contributed by atoms with van der Waals surface area (Å²) in [5, 5.41) is 0. The summed E-state index contributed by atoms with van der Waals surface area (Å²) in [4.78, 5) is 11.0.